The maximum atomic E-state index is 13.2. The largest absolute Gasteiger partial charge is 0.481 e. The number of carboxylic acid groups (broad SMARTS) is 2. The first-order valence-electron chi connectivity index (χ1n) is 11.8. The van der Waals surface area contributed by atoms with Gasteiger partial charge in [-0.25, -0.2) is 4.79 Å². The normalized spacial score (nSPS) is 13.6. The zero-order valence-electron chi connectivity index (χ0n) is 21.0. The predicted molar refractivity (Wildman–Crippen MR) is 138 cm³/mol. The van der Waals surface area contributed by atoms with Crippen molar-refractivity contribution in [3.8, 4) is 0 Å². The van der Waals surface area contributed by atoms with Crippen LogP contribution in [0.15, 0.2) is 35.3 Å². The van der Waals surface area contributed by atoms with Gasteiger partial charge in [0.05, 0.1) is 18.9 Å². The van der Waals surface area contributed by atoms with Gasteiger partial charge in [-0.3, -0.25) is 29.0 Å². The molecule has 0 aliphatic carbocycles. The Morgan fingerprint density at radius 1 is 0.795 bits per heavy atom. The number of carbonyl (C=O) groups excluding carboxylic acids is 4. The number of guanidine groups is 1. The molecule has 0 radical (unpaired) electrons. The molecule has 0 heterocycles. The highest BCUT2D eigenvalue weighted by Crippen LogP contribution is 2.06. The molecular weight excluding hydrogens is 516 g/mol. The second-order valence-corrected chi connectivity index (χ2v) is 8.54. The second kappa shape index (κ2) is 16.2. The van der Waals surface area contributed by atoms with Crippen molar-refractivity contribution < 1.29 is 39.0 Å². The third kappa shape index (κ3) is 12.9. The molecule has 214 valence electrons. The number of nitrogens with one attached hydrogen (secondary N) is 3. The van der Waals surface area contributed by atoms with Crippen LogP contribution in [0.3, 0.4) is 0 Å². The highest BCUT2D eigenvalue weighted by Gasteiger charge is 2.32. The fourth-order valence-electron chi connectivity index (χ4n) is 3.32. The summed E-state index contributed by atoms with van der Waals surface area (Å²) in [6.07, 6.45) is -1.14. The number of aliphatic imine (C=N–C) groups is 1. The summed E-state index contributed by atoms with van der Waals surface area (Å²) in [7, 11) is 0. The van der Waals surface area contributed by atoms with Crippen LogP contribution in [0.5, 0.6) is 0 Å². The summed E-state index contributed by atoms with van der Waals surface area (Å²) in [4.78, 5) is 76.2. The maximum Gasteiger partial charge on any atom is 0.326 e. The summed E-state index contributed by atoms with van der Waals surface area (Å²) < 4.78 is 0. The van der Waals surface area contributed by atoms with Crippen molar-refractivity contribution in [1.29, 1.82) is 0 Å². The summed E-state index contributed by atoms with van der Waals surface area (Å²) in [5.41, 5.74) is 22.3. The number of nitrogens with two attached hydrogens (primary N) is 4. The Labute approximate surface area is 223 Å². The van der Waals surface area contributed by atoms with E-state index in [1.807, 2.05) is 5.32 Å². The molecule has 1 aromatic carbocycles. The van der Waals surface area contributed by atoms with Crippen LogP contribution in [0, 0.1) is 0 Å². The first-order valence-corrected chi connectivity index (χ1v) is 11.8. The van der Waals surface area contributed by atoms with Crippen LogP contribution >= 0.6 is 0 Å². The number of amides is 4. The fourth-order valence-corrected chi connectivity index (χ4v) is 3.32. The van der Waals surface area contributed by atoms with E-state index in [4.69, 9.17) is 28.0 Å². The molecule has 4 amide bonds. The smallest absolute Gasteiger partial charge is 0.326 e. The van der Waals surface area contributed by atoms with Crippen LogP contribution < -0.4 is 38.9 Å². The van der Waals surface area contributed by atoms with Crippen LogP contribution in [-0.2, 0) is 35.2 Å². The Hall–Kier alpha value is -4.73. The van der Waals surface area contributed by atoms with Gasteiger partial charge < -0.3 is 49.1 Å². The lowest BCUT2D eigenvalue weighted by Gasteiger charge is -2.24. The second-order valence-electron chi connectivity index (χ2n) is 8.54. The predicted octanol–water partition coefficient (Wildman–Crippen LogP) is -3.50. The monoisotopic (exact) mass is 550 g/mol. The van der Waals surface area contributed by atoms with Crippen LogP contribution in [0.1, 0.15) is 31.2 Å². The highest BCUT2D eigenvalue weighted by molar-refractivity contribution is 5.96. The summed E-state index contributed by atoms with van der Waals surface area (Å²) in [5.74, 6) is -6.99. The highest BCUT2D eigenvalue weighted by atomic mass is 16.4. The van der Waals surface area contributed by atoms with Gasteiger partial charge in [-0.1, -0.05) is 30.3 Å². The number of aliphatic carboxylic acids is 2. The van der Waals surface area contributed by atoms with Crippen molar-refractivity contribution in [2.75, 3.05) is 6.54 Å². The molecule has 0 fully saturated rings. The molecule has 0 aliphatic heterocycles. The first-order chi connectivity index (χ1) is 18.3. The lowest BCUT2D eigenvalue weighted by molar-refractivity contribution is -0.147. The molecule has 1 aromatic rings. The molecule has 16 heteroatoms. The van der Waals surface area contributed by atoms with Crippen LogP contribution in [0.4, 0.5) is 0 Å². The van der Waals surface area contributed by atoms with Crippen LogP contribution in [0.2, 0.25) is 0 Å². The van der Waals surface area contributed by atoms with Crippen molar-refractivity contribution in [2.45, 2.75) is 56.3 Å². The molecule has 16 nitrogen and oxygen atoms in total. The number of carbonyl (C=O) groups is 6. The lowest BCUT2D eigenvalue weighted by atomic mass is 10.0. The first kappa shape index (κ1) is 32.3. The van der Waals surface area contributed by atoms with E-state index in [0.717, 1.165) is 0 Å². The Kier molecular flexibility index (Phi) is 13.4. The van der Waals surface area contributed by atoms with Gasteiger partial charge in [0.25, 0.3) is 0 Å². The Bertz CT molecular complexity index is 1060. The van der Waals surface area contributed by atoms with E-state index >= 15 is 0 Å². The minimum Gasteiger partial charge on any atom is -0.481 e. The van der Waals surface area contributed by atoms with E-state index in [9.17, 15) is 33.9 Å². The third-order valence-corrected chi connectivity index (χ3v) is 5.25. The minimum absolute atomic E-state index is 0.0270. The summed E-state index contributed by atoms with van der Waals surface area (Å²) >= 11 is 0. The number of primary amides is 1. The number of hydrogen-bond donors (Lipinski definition) is 9. The van der Waals surface area contributed by atoms with E-state index in [1.165, 1.54) is 0 Å². The quantitative estimate of drug-likeness (QED) is 0.0520. The molecule has 4 unspecified atom stereocenters. The number of rotatable bonds is 17. The van der Waals surface area contributed by atoms with Gasteiger partial charge in [-0.2, -0.15) is 0 Å². The third-order valence-electron chi connectivity index (χ3n) is 5.25. The SMILES string of the molecule is NC(=O)CC(NC(=O)C(Cc1ccccc1)NC(=O)C(N)CCCN=C(N)N)C(=O)NC(CC(=O)O)C(=O)O. The molecule has 0 aromatic heterocycles. The van der Waals surface area contributed by atoms with Crippen molar-refractivity contribution in [2.24, 2.45) is 27.9 Å². The van der Waals surface area contributed by atoms with Crippen molar-refractivity contribution in [3.63, 3.8) is 0 Å². The molecule has 0 bridgehead atoms. The summed E-state index contributed by atoms with van der Waals surface area (Å²) in [5, 5.41) is 24.8. The Balaban J connectivity index is 3.07. The Morgan fingerprint density at radius 2 is 1.36 bits per heavy atom. The molecule has 1 rings (SSSR count). The van der Waals surface area contributed by atoms with Gasteiger partial charge in [0.15, 0.2) is 5.96 Å². The van der Waals surface area contributed by atoms with Gasteiger partial charge in [0.1, 0.15) is 18.1 Å². The molecular formula is C23H34N8O8. The minimum atomic E-state index is -1.83. The molecule has 4 atom stereocenters. The lowest BCUT2D eigenvalue weighted by Crippen LogP contribution is -2.58. The van der Waals surface area contributed by atoms with Crippen LogP contribution in [0.25, 0.3) is 0 Å². The van der Waals surface area contributed by atoms with E-state index in [2.05, 4.69) is 15.6 Å². The van der Waals surface area contributed by atoms with E-state index in [-0.39, 0.29) is 25.3 Å². The molecule has 0 saturated carbocycles. The zero-order valence-corrected chi connectivity index (χ0v) is 21.0. The average molecular weight is 551 g/mol. The molecule has 13 N–H and O–H groups in total. The molecule has 0 saturated heterocycles. The van der Waals surface area contributed by atoms with Crippen molar-refractivity contribution >= 4 is 41.5 Å². The van der Waals surface area contributed by atoms with Gasteiger partial charge in [0.2, 0.25) is 23.6 Å². The molecule has 39 heavy (non-hydrogen) atoms. The maximum absolute atomic E-state index is 13.2. The topological polar surface area (TPSA) is 295 Å². The molecule has 0 aliphatic rings. The Morgan fingerprint density at radius 3 is 1.90 bits per heavy atom. The standard InChI is InChI=1S/C23H34N8O8/c24-13(7-4-8-28-23(26)27)19(35)29-14(9-12-5-2-1-3-6-12)20(36)30-15(10-17(25)32)21(37)31-16(22(38)39)11-18(33)34/h1-3,5-6,13-16H,4,7-11,24H2,(H2,25,32)(H,29,35)(H,30,36)(H,31,37)(H,33,34)(H,38,39)(H4,26,27,28). The average Bonchev–Trinajstić information content (AvgIpc) is 2.84. The van der Waals surface area contributed by atoms with E-state index in [0.29, 0.717) is 12.0 Å². The fraction of sp³-hybridized carbons (Fsp3) is 0.435. The number of carboxylic acids is 2. The van der Waals surface area contributed by atoms with Crippen molar-refractivity contribution in [1.82, 2.24) is 16.0 Å². The van der Waals surface area contributed by atoms with Gasteiger partial charge in [-0.15, -0.1) is 0 Å². The number of nitrogens with zero attached hydrogens (tertiary/aromatic N) is 1. The zero-order chi connectivity index (χ0) is 29.5. The number of hydrogen-bond acceptors (Lipinski definition) is 8. The molecule has 0 spiro atoms. The number of benzene rings is 1. The van der Waals surface area contributed by atoms with E-state index in [1.54, 1.807) is 30.3 Å². The van der Waals surface area contributed by atoms with Gasteiger partial charge in [0, 0.05) is 13.0 Å². The van der Waals surface area contributed by atoms with Gasteiger partial charge in [-0.05, 0) is 18.4 Å². The summed E-state index contributed by atoms with van der Waals surface area (Å²) in [6, 6.07) is 2.76. The van der Waals surface area contributed by atoms with Gasteiger partial charge >= 0.3 is 11.9 Å². The van der Waals surface area contributed by atoms with Crippen LogP contribution in [-0.4, -0.2) is 82.5 Å². The van der Waals surface area contributed by atoms with E-state index < -0.39 is 72.6 Å². The van der Waals surface area contributed by atoms with Crippen molar-refractivity contribution in [3.05, 3.63) is 35.9 Å². The summed E-state index contributed by atoms with van der Waals surface area (Å²) in [6.45, 7) is 0.236.